The predicted octanol–water partition coefficient (Wildman–Crippen LogP) is 4.76. The number of pyridine rings is 1. The Morgan fingerprint density at radius 2 is 1.90 bits per heavy atom. The molecule has 1 fully saturated rings. The molecule has 0 saturated carbocycles. The van der Waals surface area contributed by atoms with Crippen molar-refractivity contribution < 1.29 is 4.79 Å². The van der Waals surface area contributed by atoms with Crippen molar-refractivity contribution in [3.05, 3.63) is 47.7 Å². The highest BCUT2D eigenvalue weighted by atomic mass is 32.2. The molecule has 4 rings (SSSR count). The van der Waals surface area contributed by atoms with Crippen LogP contribution in [-0.2, 0) is 6.42 Å². The van der Waals surface area contributed by atoms with Gasteiger partial charge in [0.05, 0.1) is 16.4 Å². The number of carbonyl (C=O) groups is 1. The molecule has 0 radical (unpaired) electrons. The highest BCUT2D eigenvalue weighted by Crippen LogP contribution is 2.31. The van der Waals surface area contributed by atoms with Gasteiger partial charge in [-0.1, -0.05) is 38.7 Å². The van der Waals surface area contributed by atoms with E-state index in [0.717, 1.165) is 66.0 Å². The Balaban J connectivity index is 1.38. The molecule has 2 aliphatic heterocycles. The zero-order valence-electron chi connectivity index (χ0n) is 18.6. The minimum atomic E-state index is 0.0776. The van der Waals surface area contributed by atoms with Crippen molar-refractivity contribution in [2.45, 2.75) is 50.5 Å². The van der Waals surface area contributed by atoms with Crippen molar-refractivity contribution in [2.75, 3.05) is 48.3 Å². The van der Waals surface area contributed by atoms with Gasteiger partial charge in [-0.3, -0.25) is 4.79 Å². The van der Waals surface area contributed by atoms with Crippen LogP contribution in [0.3, 0.4) is 0 Å². The quantitative estimate of drug-likeness (QED) is 0.452. The number of fused-ring (bicyclic) bond motifs is 1. The lowest BCUT2D eigenvalue weighted by molar-refractivity contribution is 0.0989. The van der Waals surface area contributed by atoms with Crippen LogP contribution in [0, 0.1) is 0 Å². The monoisotopic (exact) mass is 438 g/mol. The molecule has 2 aliphatic rings. The molecule has 0 atom stereocenters. The SMILES string of the molecule is CCCCCCCSc1ccc2c(n1)CCN2C(=O)c1cccc(N2CCNCC2)c1. The summed E-state index contributed by atoms with van der Waals surface area (Å²) in [6, 6.07) is 12.3. The van der Waals surface area contributed by atoms with E-state index < -0.39 is 0 Å². The third kappa shape index (κ3) is 5.60. The Kier molecular flexibility index (Phi) is 7.86. The topological polar surface area (TPSA) is 48.5 Å². The van der Waals surface area contributed by atoms with E-state index in [1.54, 1.807) is 0 Å². The van der Waals surface area contributed by atoms with Crippen LogP contribution >= 0.6 is 11.8 Å². The van der Waals surface area contributed by atoms with Crippen LogP contribution in [0.4, 0.5) is 11.4 Å². The van der Waals surface area contributed by atoms with Crippen molar-refractivity contribution in [2.24, 2.45) is 0 Å². The van der Waals surface area contributed by atoms with E-state index in [4.69, 9.17) is 4.98 Å². The number of hydrogen-bond donors (Lipinski definition) is 1. The van der Waals surface area contributed by atoms with Gasteiger partial charge in [0.1, 0.15) is 0 Å². The van der Waals surface area contributed by atoms with E-state index in [9.17, 15) is 4.79 Å². The van der Waals surface area contributed by atoms with E-state index in [1.807, 2.05) is 34.9 Å². The first kappa shape index (κ1) is 22.2. The molecule has 2 aromatic rings. The highest BCUT2D eigenvalue weighted by Gasteiger charge is 2.27. The number of anilines is 2. The van der Waals surface area contributed by atoms with Gasteiger partial charge in [0.25, 0.3) is 5.91 Å². The van der Waals surface area contributed by atoms with Gasteiger partial charge in [0, 0.05) is 50.4 Å². The summed E-state index contributed by atoms with van der Waals surface area (Å²) in [4.78, 5) is 22.4. The summed E-state index contributed by atoms with van der Waals surface area (Å²) < 4.78 is 0. The Morgan fingerprint density at radius 3 is 2.74 bits per heavy atom. The summed E-state index contributed by atoms with van der Waals surface area (Å²) in [6.07, 6.45) is 7.35. The minimum absolute atomic E-state index is 0.0776. The van der Waals surface area contributed by atoms with Gasteiger partial charge in [-0.2, -0.15) is 0 Å². The lowest BCUT2D eigenvalue weighted by Gasteiger charge is -2.29. The maximum absolute atomic E-state index is 13.3. The zero-order valence-corrected chi connectivity index (χ0v) is 19.4. The zero-order chi connectivity index (χ0) is 21.5. The number of hydrogen-bond acceptors (Lipinski definition) is 5. The van der Waals surface area contributed by atoms with Gasteiger partial charge in [-0.25, -0.2) is 4.98 Å². The summed E-state index contributed by atoms with van der Waals surface area (Å²) in [5.41, 5.74) is 3.93. The second kappa shape index (κ2) is 11.0. The molecular weight excluding hydrogens is 404 g/mol. The average molecular weight is 439 g/mol. The maximum Gasteiger partial charge on any atom is 0.258 e. The van der Waals surface area contributed by atoms with E-state index in [0.29, 0.717) is 6.54 Å². The second-order valence-corrected chi connectivity index (χ2v) is 9.49. The Labute approximate surface area is 190 Å². The fraction of sp³-hybridized carbons (Fsp3) is 0.520. The molecule has 1 amide bonds. The fourth-order valence-electron chi connectivity index (χ4n) is 4.33. The van der Waals surface area contributed by atoms with Gasteiger partial charge in [-0.15, -0.1) is 11.8 Å². The number of piperazine rings is 1. The minimum Gasteiger partial charge on any atom is -0.369 e. The molecule has 31 heavy (non-hydrogen) atoms. The number of amides is 1. The van der Waals surface area contributed by atoms with E-state index in [-0.39, 0.29) is 5.91 Å². The van der Waals surface area contributed by atoms with E-state index in [1.165, 1.54) is 32.1 Å². The summed E-state index contributed by atoms with van der Waals surface area (Å²) >= 11 is 1.84. The summed E-state index contributed by atoms with van der Waals surface area (Å²) in [5.74, 6) is 1.20. The number of rotatable bonds is 9. The number of nitrogens with zero attached hydrogens (tertiary/aromatic N) is 3. The van der Waals surface area contributed by atoms with Crippen LogP contribution in [0.15, 0.2) is 41.4 Å². The Hall–Kier alpha value is -2.05. The molecule has 0 bridgehead atoms. The van der Waals surface area contributed by atoms with Crippen molar-refractivity contribution in [3.8, 4) is 0 Å². The molecular formula is C25H34N4OS. The van der Waals surface area contributed by atoms with Gasteiger partial charge in [-0.05, 0) is 42.5 Å². The predicted molar refractivity (Wildman–Crippen MR) is 131 cm³/mol. The fourth-order valence-corrected chi connectivity index (χ4v) is 5.23. The number of nitrogens with one attached hydrogen (secondary N) is 1. The largest absolute Gasteiger partial charge is 0.369 e. The second-order valence-electron chi connectivity index (χ2n) is 8.37. The van der Waals surface area contributed by atoms with Crippen LogP contribution in [0.2, 0.25) is 0 Å². The molecule has 1 N–H and O–H groups in total. The number of benzene rings is 1. The van der Waals surface area contributed by atoms with Gasteiger partial charge < -0.3 is 15.1 Å². The standard InChI is InChI=1S/C25H34N4OS/c1-2-3-4-5-6-18-31-24-11-10-23-22(27-24)12-15-29(23)25(30)20-8-7-9-21(19-20)28-16-13-26-14-17-28/h7-11,19,26H,2-6,12-18H2,1H3. The molecule has 0 unspecified atom stereocenters. The Morgan fingerprint density at radius 1 is 1.06 bits per heavy atom. The van der Waals surface area contributed by atoms with Gasteiger partial charge in [0.15, 0.2) is 0 Å². The molecule has 6 heteroatoms. The number of carbonyl (C=O) groups excluding carboxylic acids is 1. The van der Waals surface area contributed by atoms with E-state index in [2.05, 4.69) is 35.3 Å². The molecule has 5 nitrogen and oxygen atoms in total. The summed E-state index contributed by atoms with van der Waals surface area (Å²) in [6.45, 7) is 6.90. The first-order valence-electron chi connectivity index (χ1n) is 11.8. The highest BCUT2D eigenvalue weighted by molar-refractivity contribution is 7.99. The van der Waals surface area contributed by atoms with Gasteiger partial charge >= 0.3 is 0 Å². The third-order valence-corrected chi connectivity index (χ3v) is 7.12. The summed E-state index contributed by atoms with van der Waals surface area (Å²) in [7, 11) is 0. The van der Waals surface area contributed by atoms with Crippen molar-refractivity contribution >= 4 is 29.0 Å². The van der Waals surface area contributed by atoms with Crippen molar-refractivity contribution in [1.82, 2.24) is 10.3 Å². The first-order valence-corrected chi connectivity index (χ1v) is 12.7. The average Bonchev–Trinajstić information content (AvgIpc) is 3.25. The van der Waals surface area contributed by atoms with Crippen molar-refractivity contribution in [1.29, 1.82) is 0 Å². The molecule has 0 spiro atoms. The molecule has 1 aromatic heterocycles. The molecule has 3 heterocycles. The maximum atomic E-state index is 13.3. The molecule has 166 valence electrons. The third-order valence-electron chi connectivity index (χ3n) is 6.11. The molecule has 1 saturated heterocycles. The van der Waals surface area contributed by atoms with Crippen LogP contribution in [0.5, 0.6) is 0 Å². The van der Waals surface area contributed by atoms with E-state index >= 15 is 0 Å². The smallest absolute Gasteiger partial charge is 0.258 e. The number of aromatic nitrogens is 1. The summed E-state index contributed by atoms with van der Waals surface area (Å²) in [5, 5.41) is 4.47. The first-order chi connectivity index (χ1) is 15.3. The molecule has 0 aliphatic carbocycles. The lowest BCUT2D eigenvalue weighted by atomic mass is 10.1. The van der Waals surface area contributed by atoms with Crippen LogP contribution in [0.1, 0.15) is 55.1 Å². The number of unbranched alkanes of at least 4 members (excludes halogenated alkanes) is 4. The lowest BCUT2D eigenvalue weighted by Crippen LogP contribution is -2.43. The van der Waals surface area contributed by atoms with Crippen LogP contribution < -0.4 is 15.1 Å². The Bertz CT molecular complexity index is 882. The number of thioether (sulfide) groups is 1. The van der Waals surface area contributed by atoms with Crippen LogP contribution in [0.25, 0.3) is 0 Å². The molecule has 1 aromatic carbocycles. The normalized spacial score (nSPS) is 15.9. The van der Waals surface area contributed by atoms with Crippen LogP contribution in [-0.4, -0.2) is 49.4 Å². The van der Waals surface area contributed by atoms with Crippen molar-refractivity contribution in [3.63, 3.8) is 0 Å². The van der Waals surface area contributed by atoms with Gasteiger partial charge in [0.2, 0.25) is 0 Å².